The second-order valence-corrected chi connectivity index (χ2v) is 6.12. The highest BCUT2D eigenvalue weighted by Crippen LogP contribution is 2.27. The van der Waals surface area contributed by atoms with Gasteiger partial charge in [-0.15, -0.1) is 0 Å². The van der Waals surface area contributed by atoms with Gasteiger partial charge in [0.05, 0.1) is 0 Å². The molecule has 0 radical (unpaired) electrons. The summed E-state index contributed by atoms with van der Waals surface area (Å²) < 4.78 is 5.15. The normalized spacial score (nSPS) is 12.3. The Labute approximate surface area is 130 Å². The van der Waals surface area contributed by atoms with Crippen molar-refractivity contribution in [2.75, 3.05) is 0 Å². The molecule has 1 aromatic heterocycles. The van der Waals surface area contributed by atoms with E-state index in [2.05, 4.69) is 32.2 Å². The first-order valence-corrected chi connectivity index (χ1v) is 7.97. The Kier molecular flexibility index (Phi) is 5.25. The fourth-order valence-corrected chi connectivity index (χ4v) is 3.13. The summed E-state index contributed by atoms with van der Waals surface area (Å²) >= 11 is 4.64. The van der Waals surface area contributed by atoms with Gasteiger partial charge in [0.15, 0.2) is 0 Å². The molecule has 0 bridgehead atoms. The van der Waals surface area contributed by atoms with Gasteiger partial charge in [0, 0.05) is 10.9 Å². The number of aromatic nitrogens is 2. The molecule has 2 rings (SSSR count). The minimum atomic E-state index is -0.861. The molecule has 0 saturated heterocycles. The van der Waals surface area contributed by atoms with Crippen molar-refractivity contribution >= 4 is 33.4 Å². The van der Waals surface area contributed by atoms with Crippen molar-refractivity contribution in [3.63, 3.8) is 0 Å². The molecule has 20 heavy (non-hydrogen) atoms. The van der Waals surface area contributed by atoms with Gasteiger partial charge in [-0.05, 0) is 36.0 Å². The van der Waals surface area contributed by atoms with E-state index in [9.17, 15) is 9.90 Å². The van der Waals surface area contributed by atoms with Crippen LogP contribution in [0.5, 0.6) is 0 Å². The average Bonchev–Trinajstić information content (AvgIpc) is 2.86. The maximum atomic E-state index is 11.5. The smallest absolute Gasteiger partial charge is 0.313 e. The molecular formula is C14H15BrN2O2S. The van der Waals surface area contributed by atoms with Gasteiger partial charge in [0.2, 0.25) is 0 Å². The second kappa shape index (κ2) is 6.95. The number of rotatable bonds is 6. The van der Waals surface area contributed by atoms with E-state index >= 15 is 0 Å². The quantitative estimate of drug-likeness (QED) is 0.859. The highest BCUT2D eigenvalue weighted by Gasteiger charge is 2.25. The minimum absolute atomic E-state index is 0.414. The summed E-state index contributed by atoms with van der Waals surface area (Å²) in [5.74, 6) is -0.761. The Morgan fingerprint density at radius 2 is 2.20 bits per heavy atom. The molecule has 1 N–H and O–H groups in total. The van der Waals surface area contributed by atoms with Crippen molar-refractivity contribution < 1.29 is 9.90 Å². The van der Waals surface area contributed by atoms with E-state index in [0.29, 0.717) is 11.4 Å². The first-order valence-electron chi connectivity index (χ1n) is 6.40. The number of carbonyl (C=O) groups is 1. The number of benzene rings is 1. The SMILES string of the molecule is CCCc1nsc(C(Cc2ccccc2Br)C(=O)O)n1. The molecule has 1 heterocycles. The molecule has 106 valence electrons. The number of hydrogen-bond acceptors (Lipinski definition) is 4. The van der Waals surface area contributed by atoms with Crippen molar-refractivity contribution in [2.24, 2.45) is 0 Å². The van der Waals surface area contributed by atoms with Gasteiger partial charge in [-0.1, -0.05) is 41.1 Å². The van der Waals surface area contributed by atoms with Gasteiger partial charge in [-0.3, -0.25) is 4.79 Å². The average molecular weight is 355 g/mol. The van der Waals surface area contributed by atoms with Gasteiger partial charge in [0.1, 0.15) is 16.7 Å². The van der Waals surface area contributed by atoms with Gasteiger partial charge in [-0.2, -0.15) is 4.37 Å². The van der Waals surface area contributed by atoms with Crippen LogP contribution in [-0.4, -0.2) is 20.4 Å². The van der Waals surface area contributed by atoms with Gasteiger partial charge < -0.3 is 5.11 Å². The number of halogens is 1. The van der Waals surface area contributed by atoms with Crippen molar-refractivity contribution in [1.82, 2.24) is 9.36 Å². The zero-order valence-electron chi connectivity index (χ0n) is 11.0. The molecule has 0 aliphatic heterocycles. The summed E-state index contributed by atoms with van der Waals surface area (Å²) in [5.41, 5.74) is 0.965. The predicted molar refractivity (Wildman–Crippen MR) is 82.1 cm³/mol. The third-order valence-corrected chi connectivity index (χ3v) is 4.57. The van der Waals surface area contributed by atoms with Crippen molar-refractivity contribution in [3.05, 3.63) is 45.1 Å². The van der Waals surface area contributed by atoms with Crippen LogP contribution < -0.4 is 0 Å². The van der Waals surface area contributed by atoms with Crippen molar-refractivity contribution in [3.8, 4) is 0 Å². The fraction of sp³-hybridized carbons (Fsp3) is 0.357. The number of aryl methyl sites for hydroxylation is 1. The zero-order chi connectivity index (χ0) is 14.5. The van der Waals surface area contributed by atoms with E-state index in [1.807, 2.05) is 24.3 Å². The Hall–Kier alpha value is -1.27. The lowest BCUT2D eigenvalue weighted by atomic mass is 10.00. The van der Waals surface area contributed by atoms with Crippen LogP contribution in [0.2, 0.25) is 0 Å². The van der Waals surface area contributed by atoms with Gasteiger partial charge >= 0.3 is 5.97 Å². The third-order valence-electron chi connectivity index (χ3n) is 2.94. The summed E-state index contributed by atoms with van der Waals surface area (Å²) in [5, 5.41) is 10.0. The molecular weight excluding hydrogens is 340 g/mol. The Balaban J connectivity index is 2.23. The minimum Gasteiger partial charge on any atom is -0.481 e. The lowest BCUT2D eigenvalue weighted by Crippen LogP contribution is -2.14. The number of carboxylic acids is 1. The molecule has 2 aromatic rings. The Morgan fingerprint density at radius 1 is 1.45 bits per heavy atom. The van der Waals surface area contributed by atoms with E-state index in [0.717, 1.165) is 28.7 Å². The maximum Gasteiger partial charge on any atom is 0.313 e. The zero-order valence-corrected chi connectivity index (χ0v) is 13.4. The molecule has 0 saturated carbocycles. The van der Waals surface area contributed by atoms with E-state index in [4.69, 9.17) is 0 Å². The molecule has 0 aliphatic rings. The first kappa shape index (κ1) is 15.1. The maximum absolute atomic E-state index is 11.5. The van der Waals surface area contributed by atoms with E-state index in [1.54, 1.807) is 0 Å². The third kappa shape index (κ3) is 3.64. The van der Waals surface area contributed by atoms with Crippen LogP contribution in [0.25, 0.3) is 0 Å². The molecule has 0 amide bonds. The standard InChI is InChI=1S/C14H15BrN2O2S/c1-2-5-12-16-13(20-17-12)10(14(18)19)8-9-6-3-4-7-11(9)15/h3-4,6-7,10H,2,5,8H2,1H3,(H,18,19). The van der Waals surface area contributed by atoms with Crippen LogP contribution in [0.1, 0.15) is 35.7 Å². The lowest BCUT2D eigenvalue weighted by Gasteiger charge is -2.10. The number of hydrogen-bond donors (Lipinski definition) is 1. The molecule has 1 aromatic carbocycles. The molecule has 1 atom stereocenters. The first-order chi connectivity index (χ1) is 9.61. The van der Waals surface area contributed by atoms with E-state index < -0.39 is 11.9 Å². The molecule has 0 fully saturated rings. The van der Waals surface area contributed by atoms with Crippen LogP contribution in [-0.2, 0) is 17.6 Å². The molecule has 1 unspecified atom stereocenters. The summed E-state index contributed by atoms with van der Waals surface area (Å²) in [6.45, 7) is 2.05. The number of aliphatic carboxylic acids is 1. The summed E-state index contributed by atoms with van der Waals surface area (Å²) in [4.78, 5) is 15.9. The number of carboxylic acid groups (broad SMARTS) is 1. The van der Waals surface area contributed by atoms with Crippen LogP contribution in [0.3, 0.4) is 0 Å². The number of nitrogens with zero attached hydrogens (tertiary/aromatic N) is 2. The topological polar surface area (TPSA) is 63.1 Å². The fourth-order valence-electron chi connectivity index (χ4n) is 1.90. The molecule has 4 nitrogen and oxygen atoms in total. The van der Waals surface area contributed by atoms with Crippen LogP contribution >= 0.6 is 27.5 Å². The van der Waals surface area contributed by atoms with Crippen molar-refractivity contribution in [1.29, 1.82) is 0 Å². The monoisotopic (exact) mass is 354 g/mol. The second-order valence-electron chi connectivity index (χ2n) is 4.49. The van der Waals surface area contributed by atoms with Crippen LogP contribution in [0.15, 0.2) is 28.7 Å². The Bertz CT molecular complexity index is 600. The van der Waals surface area contributed by atoms with Crippen molar-refractivity contribution in [2.45, 2.75) is 32.1 Å². The predicted octanol–water partition coefficient (Wildman–Crippen LogP) is 3.66. The summed E-state index contributed by atoms with van der Waals surface area (Å²) in [7, 11) is 0. The molecule has 0 aliphatic carbocycles. The Morgan fingerprint density at radius 3 is 2.85 bits per heavy atom. The van der Waals surface area contributed by atoms with Gasteiger partial charge in [-0.25, -0.2) is 4.98 Å². The largest absolute Gasteiger partial charge is 0.481 e. The highest BCUT2D eigenvalue weighted by molar-refractivity contribution is 9.10. The highest BCUT2D eigenvalue weighted by atomic mass is 79.9. The van der Waals surface area contributed by atoms with E-state index in [-0.39, 0.29) is 0 Å². The van der Waals surface area contributed by atoms with Crippen LogP contribution in [0.4, 0.5) is 0 Å². The summed E-state index contributed by atoms with van der Waals surface area (Å²) in [6.07, 6.45) is 2.16. The van der Waals surface area contributed by atoms with E-state index in [1.165, 1.54) is 11.5 Å². The molecule has 0 spiro atoms. The summed E-state index contributed by atoms with van der Waals surface area (Å²) in [6, 6.07) is 7.65. The van der Waals surface area contributed by atoms with Gasteiger partial charge in [0.25, 0.3) is 0 Å². The lowest BCUT2D eigenvalue weighted by molar-refractivity contribution is -0.138. The molecule has 6 heteroatoms. The van der Waals surface area contributed by atoms with Crippen LogP contribution in [0, 0.1) is 0 Å².